The Morgan fingerprint density at radius 3 is 1.22 bits per heavy atom. The van der Waals surface area contributed by atoms with Gasteiger partial charge in [0, 0.05) is 22.8 Å². The van der Waals surface area contributed by atoms with Crippen LogP contribution in [0.5, 0.6) is 0 Å². The Bertz CT molecular complexity index is 3260. The quantitative estimate of drug-likeness (QED) is 0.135. The maximum atomic E-state index is 5.18. The summed E-state index contributed by atoms with van der Waals surface area (Å²) in [6, 6.07) is 90.5. The van der Waals surface area contributed by atoms with Crippen LogP contribution in [-0.4, -0.2) is 5.84 Å². The van der Waals surface area contributed by atoms with Gasteiger partial charge < -0.3 is 15.2 Å². The van der Waals surface area contributed by atoms with Gasteiger partial charge in [-0.1, -0.05) is 236 Å². The molecule has 0 spiro atoms. The van der Waals surface area contributed by atoms with Gasteiger partial charge in [-0.05, 0) is 103 Å². The monoisotopic (exact) mass is 830 g/mol. The lowest BCUT2D eigenvalue weighted by Gasteiger charge is -2.33. The van der Waals surface area contributed by atoms with Crippen LogP contribution in [0, 0.1) is 0 Å². The Hall–Kier alpha value is -8.53. The molecule has 0 amide bonds. The standard InChI is InChI=1S/C62H44N3/c1-4-13-44(14-5-1)46-23-25-48(26-24-46)50-35-39-56(40-36-50)65(61-22-12-20-52-17-10-11-21-58(52)61)57-41-37-51(38-42-57)49-29-33-55(34-30-49)62-63-59(53-18-8-3-9-19-53)43-60(64-62)54-31-27-47(28-32-54)45-15-6-2-7-16-45/h1-43,59H/q-1. The number of benzene rings is 10. The minimum atomic E-state index is -0.146. The Kier molecular flexibility index (Phi) is 10.7. The van der Waals surface area contributed by atoms with Gasteiger partial charge in [-0.3, -0.25) is 0 Å². The van der Waals surface area contributed by atoms with E-state index in [1.54, 1.807) is 0 Å². The topological polar surface area (TPSA) is 29.7 Å². The van der Waals surface area contributed by atoms with Crippen LogP contribution in [0.15, 0.2) is 266 Å². The van der Waals surface area contributed by atoms with E-state index in [9.17, 15) is 0 Å². The van der Waals surface area contributed by atoms with Crippen LogP contribution in [0.2, 0.25) is 0 Å². The SMILES string of the molecule is C1=C(c2ccc(-c3ccccc3)cc2)N=C(c2ccc(-c3ccc(N(c4ccc(-c5ccc(-c6ccccc6)cc5)cc4)c4cccc5ccccc45)cc3)cc2)[N-]C1c1ccccc1. The molecule has 0 N–H and O–H groups in total. The van der Waals surface area contributed by atoms with E-state index in [4.69, 9.17) is 10.3 Å². The first kappa shape index (κ1) is 39.3. The number of nitrogens with zero attached hydrogens (tertiary/aromatic N) is 3. The van der Waals surface area contributed by atoms with Crippen molar-refractivity contribution in [3.8, 4) is 44.5 Å². The summed E-state index contributed by atoms with van der Waals surface area (Å²) in [7, 11) is 0. The summed E-state index contributed by atoms with van der Waals surface area (Å²) in [6.07, 6.45) is 2.17. The van der Waals surface area contributed by atoms with Gasteiger partial charge in [-0.2, -0.15) is 0 Å². The lowest BCUT2D eigenvalue weighted by Crippen LogP contribution is -2.10. The van der Waals surface area contributed by atoms with Crippen LogP contribution >= 0.6 is 0 Å². The van der Waals surface area contributed by atoms with Crippen molar-refractivity contribution >= 4 is 39.4 Å². The first-order chi connectivity index (χ1) is 32.2. The third kappa shape index (κ3) is 8.27. The summed E-state index contributed by atoms with van der Waals surface area (Å²) in [4.78, 5) is 7.52. The molecule has 0 saturated heterocycles. The third-order valence-electron chi connectivity index (χ3n) is 12.3. The molecule has 1 unspecified atom stereocenters. The Morgan fingerprint density at radius 2 is 0.708 bits per heavy atom. The highest BCUT2D eigenvalue weighted by Crippen LogP contribution is 2.41. The van der Waals surface area contributed by atoms with Crippen LogP contribution in [0.25, 0.3) is 66.3 Å². The van der Waals surface area contributed by atoms with Gasteiger partial charge in [0.25, 0.3) is 0 Å². The molecular weight excluding hydrogens is 787 g/mol. The number of hydrogen-bond donors (Lipinski definition) is 0. The molecular formula is C62H44N3-. The van der Waals surface area contributed by atoms with Gasteiger partial charge in [-0.25, -0.2) is 0 Å². The normalized spacial score (nSPS) is 13.4. The molecule has 65 heavy (non-hydrogen) atoms. The van der Waals surface area contributed by atoms with Gasteiger partial charge in [-0.15, -0.1) is 0 Å². The summed E-state index contributed by atoms with van der Waals surface area (Å²) in [5.41, 5.74) is 16.9. The minimum Gasteiger partial charge on any atom is -0.454 e. The zero-order chi connectivity index (χ0) is 43.4. The molecule has 0 aromatic heterocycles. The number of amidine groups is 1. The van der Waals surface area contributed by atoms with E-state index in [2.05, 4.69) is 254 Å². The highest BCUT2D eigenvalue weighted by atomic mass is 15.1. The number of rotatable bonds is 10. The fourth-order valence-corrected chi connectivity index (χ4v) is 8.82. The lowest BCUT2D eigenvalue weighted by molar-refractivity contribution is 1.04. The van der Waals surface area contributed by atoms with Crippen LogP contribution in [0.3, 0.4) is 0 Å². The molecule has 0 saturated carbocycles. The highest BCUT2D eigenvalue weighted by molar-refractivity contribution is 6.12. The van der Waals surface area contributed by atoms with Crippen molar-refractivity contribution in [2.75, 3.05) is 4.90 Å². The fourth-order valence-electron chi connectivity index (χ4n) is 8.82. The molecule has 308 valence electrons. The summed E-state index contributed by atoms with van der Waals surface area (Å²) < 4.78 is 0. The van der Waals surface area contributed by atoms with E-state index >= 15 is 0 Å². The molecule has 1 heterocycles. The summed E-state index contributed by atoms with van der Waals surface area (Å²) in [6.45, 7) is 0. The van der Waals surface area contributed by atoms with E-state index in [-0.39, 0.29) is 6.04 Å². The van der Waals surface area contributed by atoms with Gasteiger partial charge in [0.15, 0.2) is 0 Å². The first-order valence-corrected chi connectivity index (χ1v) is 22.2. The van der Waals surface area contributed by atoms with E-state index in [0.29, 0.717) is 0 Å². The van der Waals surface area contributed by atoms with Gasteiger partial charge >= 0.3 is 0 Å². The molecule has 1 atom stereocenters. The molecule has 0 bridgehead atoms. The van der Waals surface area contributed by atoms with Crippen molar-refractivity contribution in [3.05, 3.63) is 283 Å². The smallest absolute Gasteiger partial charge is 0.0540 e. The molecule has 0 fully saturated rings. The van der Waals surface area contributed by atoms with Gasteiger partial charge in [0.1, 0.15) is 0 Å². The Balaban J connectivity index is 0.880. The number of fused-ring (bicyclic) bond motifs is 1. The van der Waals surface area contributed by atoms with Crippen LogP contribution < -0.4 is 4.90 Å². The van der Waals surface area contributed by atoms with Crippen LogP contribution in [-0.2, 0) is 0 Å². The van der Waals surface area contributed by atoms with Crippen LogP contribution in [0.4, 0.5) is 17.1 Å². The van der Waals surface area contributed by atoms with E-state index in [1.165, 1.54) is 44.2 Å². The van der Waals surface area contributed by atoms with Gasteiger partial charge in [0.2, 0.25) is 0 Å². The lowest BCUT2D eigenvalue weighted by atomic mass is 9.98. The molecule has 11 rings (SSSR count). The third-order valence-corrected chi connectivity index (χ3v) is 12.3. The predicted molar refractivity (Wildman–Crippen MR) is 274 cm³/mol. The Labute approximate surface area is 381 Å². The molecule has 1 aliphatic rings. The molecule has 0 radical (unpaired) electrons. The van der Waals surface area contributed by atoms with Crippen molar-refractivity contribution in [2.24, 2.45) is 4.99 Å². The van der Waals surface area contributed by atoms with E-state index < -0.39 is 0 Å². The molecule has 0 aliphatic carbocycles. The maximum absolute atomic E-state index is 5.18. The second-order valence-electron chi connectivity index (χ2n) is 16.4. The second kappa shape index (κ2) is 17.7. The first-order valence-electron chi connectivity index (χ1n) is 22.2. The second-order valence-corrected chi connectivity index (χ2v) is 16.4. The fraction of sp³-hybridized carbons (Fsp3) is 0.0161. The number of hydrogen-bond acceptors (Lipinski definition) is 2. The summed E-state index contributed by atoms with van der Waals surface area (Å²) >= 11 is 0. The molecule has 3 heteroatoms. The van der Waals surface area contributed by atoms with Crippen molar-refractivity contribution in [3.63, 3.8) is 0 Å². The van der Waals surface area contributed by atoms with E-state index in [1.807, 2.05) is 12.1 Å². The molecule has 10 aromatic carbocycles. The van der Waals surface area contributed by atoms with Crippen molar-refractivity contribution in [1.82, 2.24) is 0 Å². The zero-order valence-corrected chi connectivity index (χ0v) is 35.7. The average Bonchev–Trinajstić information content (AvgIpc) is 3.40. The minimum absolute atomic E-state index is 0.146. The molecule has 1 aliphatic heterocycles. The van der Waals surface area contributed by atoms with Gasteiger partial charge in [0.05, 0.1) is 5.69 Å². The highest BCUT2D eigenvalue weighted by Gasteiger charge is 2.17. The summed E-state index contributed by atoms with van der Waals surface area (Å²) in [5, 5.41) is 7.58. The Morgan fingerprint density at radius 1 is 0.323 bits per heavy atom. The van der Waals surface area contributed by atoms with Crippen molar-refractivity contribution < 1.29 is 0 Å². The maximum Gasteiger partial charge on any atom is 0.0540 e. The van der Waals surface area contributed by atoms with Crippen molar-refractivity contribution in [2.45, 2.75) is 6.04 Å². The molecule has 10 aromatic rings. The summed E-state index contributed by atoms with van der Waals surface area (Å²) in [5.74, 6) is 0.728. The molecule has 3 nitrogen and oxygen atoms in total. The number of aliphatic imine (C=N–C) groups is 1. The largest absolute Gasteiger partial charge is 0.454 e. The number of anilines is 3. The zero-order valence-electron chi connectivity index (χ0n) is 35.7. The van der Waals surface area contributed by atoms with E-state index in [0.717, 1.165) is 56.4 Å². The predicted octanol–water partition coefficient (Wildman–Crippen LogP) is 16.9. The van der Waals surface area contributed by atoms with Crippen molar-refractivity contribution in [1.29, 1.82) is 0 Å². The average molecular weight is 831 g/mol. The van der Waals surface area contributed by atoms with Crippen LogP contribution in [0.1, 0.15) is 22.7 Å².